The Balaban J connectivity index is 0.00000243. The Morgan fingerprint density at radius 3 is 2.46 bits per heavy atom. The molecule has 0 saturated carbocycles. The number of hydrogen-bond acceptors (Lipinski definition) is 3. The fourth-order valence-electron chi connectivity index (χ4n) is 3.61. The van der Waals surface area contributed by atoms with Gasteiger partial charge in [-0.25, -0.2) is 0 Å². The molecule has 1 aromatic carbocycles. The van der Waals surface area contributed by atoms with Crippen molar-refractivity contribution < 1.29 is 4.74 Å². The molecule has 2 N–H and O–H groups in total. The first-order valence-electron chi connectivity index (χ1n) is 9.43. The standard InChI is InChI=1S/C20H32N4O.HI/c1-16(17-7-5-4-6-8-17)24-11-9-18(10-12-24)23-19(21-3)22-13-20(2)14-25-15-20;/h4-8,16,18H,9-15H2,1-3H3,(H2,21,22,23);1H. The van der Waals surface area contributed by atoms with Gasteiger partial charge in [-0.3, -0.25) is 9.89 Å². The first kappa shape index (κ1) is 21.4. The van der Waals surface area contributed by atoms with Crippen molar-refractivity contribution in [2.75, 3.05) is 39.9 Å². The number of rotatable bonds is 5. The van der Waals surface area contributed by atoms with Crippen molar-refractivity contribution in [3.8, 4) is 0 Å². The second kappa shape index (κ2) is 9.90. The Kier molecular flexibility index (Phi) is 8.16. The van der Waals surface area contributed by atoms with Gasteiger partial charge in [0.1, 0.15) is 0 Å². The lowest BCUT2D eigenvalue weighted by atomic mass is 9.89. The number of benzene rings is 1. The molecule has 0 amide bonds. The van der Waals surface area contributed by atoms with Gasteiger partial charge in [-0.15, -0.1) is 24.0 Å². The quantitative estimate of drug-likeness (QED) is 0.393. The number of piperidine rings is 1. The van der Waals surface area contributed by atoms with Gasteiger partial charge in [0.25, 0.3) is 0 Å². The van der Waals surface area contributed by atoms with E-state index in [1.54, 1.807) is 0 Å². The van der Waals surface area contributed by atoms with E-state index in [1.165, 1.54) is 5.56 Å². The summed E-state index contributed by atoms with van der Waals surface area (Å²) in [7, 11) is 1.85. The molecule has 0 bridgehead atoms. The van der Waals surface area contributed by atoms with Crippen molar-refractivity contribution in [2.24, 2.45) is 10.4 Å². The summed E-state index contributed by atoms with van der Waals surface area (Å²) in [6.45, 7) is 9.40. The molecule has 6 heteroatoms. The fraction of sp³-hybridized carbons (Fsp3) is 0.650. The van der Waals surface area contributed by atoms with E-state index in [2.05, 4.69) is 64.7 Å². The molecule has 146 valence electrons. The predicted molar refractivity (Wildman–Crippen MR) is 118 cm³/mol. The average Bonchev–Trinajstić information content (AvgIpc) is 2.64. The summed E-state index contributed by atoms with van der Waals surface area (Å²) in [4.78, 5) is 6.97. The maximum Gasteiger partial charge on any atom is 0.191 e. The third kappa shape index (κ3) is 5.57. The zero-order chi connectivity index (χ0) is 17.7. The molecule has 1 aromatic rings. The number of nitrogens with one attached hydrogen (secondary N) is 2. The van der Waals surface area contributed by atoms with Crippen molar-refractivity contribution in [1.82, 2.24) is 15.5 Å². The second-order valence-electron chi connectivity index (χ2n) is 7.77. The Bertz CT molecular complexity index is 568. The van der Waals surface area contributed by atoms with Crippen molar-refractivity contribution in [3.05, 3.63) is 35.9 Å². The lowest BCUT2D eigenvalue weighted by molar-refractivity contribution is -0.0971. The first-order valence-corrected chi connectivity index (χ1v) is 9.43. The summed E-state index contributed by atoms with van der Waals surface area (Å²) in [5.41, 5.74) is 1.66. The zero-order valence-corrected chi connectivity index (χ0v) is 18.5. The Morgan fingerprint density at radius 2 is 1.92 bits per heavy atom. The molecule has 2 aliphatic rings. The van der Waals surface area contributed by atoms with E-state index in [-0.39, 0.29) is 29.4 Å². The lowest BCUT2D eigenvalue weighted by Crippen LogP contribution is -2.53. The zero-order valence-electron chi connectivity index (χ0n) is 16.2. The molecule has 0 radical (unpaired) electrons. The summed E-state index contributed by atoms with van der Waals surface area (Å²) in [6.07, 6.45) is 2.30. The number of nitrogens with zero attached hydrogens (tertiary/aromatic N) is 2. The highest BCUT2D eigenvalue weighted by Crippen LogP contribution is 2.25. The lowest BCUT2D eigenvalue weighted by Gasteiger charge is -2.39. The molecule has 2 saturated heterocycles. The highest BCUT2D eigenvalue weighted by Gasteiger charge is 2.33. The second-order valence-corrected chi connectivity index (χ2v) is 7.77. The van der Waals surface area contributed by atoms with Crippen molar-refractivity contribution in [3.63, 3.8) is 0 Å². The summed E-state index contributed by atoms with van der Waals surface area (Å²) in [5.74, 6) is 0.919. The molecular formula is C20H33IN4O. The van der Waals surface area contributed by atoms with Crippen LogP contribution in [-0.2, 0) is 4.74 Å². The van der Waals surface area contributed by atoms with Gasteiger partial charge in [0.2, 0.25) is 0 Å². The largest absolute Gasteiger partial charge is 0.380 e. The van der Waals surface area contributed by atoms with Crippen LogP contribution in [0.4, 0.5) is 0 Å². The normalized spacial score (nSPS) is 22.0. The fourth-order valence-corrected chi connectivity index (χ4v) is 3.61. The summed E-state index contributed by atoms with van der Waals surface area (Å²) in [5, 5.41) is 7.06. The van der Waals surface area contributed by atoms with Crippen LogP contribution in [-0.4, -0.2) is 56.8 Å². The summed E-state index contributed by atoms with van der Waals surface area (Å²) >= 11 is 0. The van der Waals surface area contributed by atoms with E-state index >= 15 is 0 Å². The van der Waals surface area contributed by atoms with Gasteiger partial charge in [-0.05, 0) is 25.3 Å². The molecule has 2 heterocycles. The first-order chi connectivity index (χ1) is 12.1. The van der Waals surface area contributed by atoms with Crippen LogP contribution in [0.1, 0.15) is 38.3 Å². The minimum absolute atomic E-state index is 0. The average molecular weight is 472 g/mol. The van der Waals surface area contributed by atoms with Gasteiger partial charge < -0.3 is 15.4 Å². The van der Waals surface area contributed by atoms with Crippen LogP contribution in [0.2, 0.25) is 0 Å². The van der Waals surface area contributed by atoms with E-state index in [0.717, 1.165) is 51.6 Å². The number of halogens is 1. The molecule has 0 aliphatic carbocycles. The number of guanidine groups is 1. The third-order valence-electron chi connectivity index (χ3n) is 5.51. The molecule has 1 atom stereocenters. The van der Waals surface area contributed by atoms with E-state index < -0.39 is 0 Å². The Hall–Kier alpha value is -0.860. The topological polar surface area (TPSA) is 48.9 Å². The van der Waals surface area contributed by atoms with Crippen molar-refractivity contribution >= 4 is 29.9 Å². The third-order valence-corrected chi connectivity index (χ3v) is 5.51. The smallest absolute Gasteiger partial charge is 0.191 e. The molecule has 2 aliphatic heterocycles. The van der Waals surface area contributed by atoms with Gasteiger partial charge in [-0.2, -0.15) is 0 Å². The molecule has 0 spiro atoms. The number of hydrogen-bond donors (Lipinski definition) is 2. The monoisotopic (exact) mass is 472 g/mol. The van der Waals surface area contributed by atoms with Gasteiger partial charge in [0.05, 0.1) is 13.2 Å². The van der Waals surface area contributed by atoms with Gasteiger partial charge in [-0.1, -0.05) is 37.3 Å². The van der Waals surface area contributed by atoms with Gasteiger partial charge in [0.15, 0.2) is 5.96 Å². The van der Waals surface area contributed by atoms with Crippen LogP contribution < -0.4 is 10.6 Å². The number of likely N-dealkylation sites (tertiary alicyclic amines) is 1. The summed E-state index contributed by atoms with van der Waals surface area (Å²) < 4.78 is 5.32. The van der Waals surface area contributed by atoms with E-state index in [0.29, 0.717) is 12.1 Å². The molecule has 0 aromatic heterocycles. The minimum atomic E-state index is 0. The Morgan fingerprint density at radius 1 is 1.27 bits per heavy atom. The van der Waals surface area contributed by atoms with Gasteiger partial charge >= 0.3 is 0 Å². The molecule has 26 heavy (non-hydrogen) atoms. The number of aliphatic imine (C=N–C) groups is 1. The molecule has 1 unspecified atom stereocenters. The number of ether oxygens (including phenoxy) is 1. The highest BCUT2D eigenvalue weighted by molar-refractivity contribution is 14.0. The van der Waals surface area contributed by atoms with Gasteiger partial charge in [0, 0.05) is 44.2 Å². The van der Waals surface area contributed by atoms with Crippen LogP contribution >= 0.6 is 24.0 Å². The molecular weight excluding hydrogens is 439 g/mol. The minimum Gasteiger partial charge on any atom is -0.380 e. The summed E-state index contributed by atoms with van der Waals surface area (Å²) in [6, 6.07) is 11.8. The van der Waals surface area contributed by atoms with Crippen molar-refractivity contribution in [2.45, 2.75) is 38.8 Å². The molecule has 3 rings (SSSR count). The van der Waals surface area contributed by atoms with Crippen LogP contribution in [0.5, 0.6) is 0 Å². The predicted octanol–water partition coefficient (Wildman–Crippen LogP) is 3.03. The van der Waals surface area contributed by atoms with E-state index in [4.69, 9.17) is 4.74 Å². The van der Waals surface area contributed by atoms with Crippen LogP contribution in [0.3, 0.4) is 0 Å². The van der Waals surface area contributed by atoms with Crippen LogP contribution in [0.15, 0.2) is 35.3 Å². The maximum atomic E-state index is 5.32. The van der Waals surface area contributed by atoms with Crippen LogP contribution in [0.25, 0.3) is 0 Å². The Labute approximate surface area is 175 Å². The molecule has 5 nitrogen and oxygen atoms in total. The maximum absolute atomic E-state index is 5.32. The van der Waals surface area contributed by atoms with Crippen molar-refractivity contribution in [1.29, 1.82) is 0 Å². The SMILES string of the molecule is CN=C(NCC1(C)COC1)NC1CCN(C(C)c2ccccc2)CC1.I. The van der Waals surface area contributed by atoms with E-state index in [9.17, 15) is 0 Å². The van der Waals surface area contributed by atoms with E-state index in [1.807, 2.05) is 7.05 Å². The molecule has 2 fully saturated rings. The van der Waals surface area contributed by atoms with Crippen LogP contribution in [0, 0.1) is 5.41 Å². The highest BCUT2D eigenvalue weighted by atomic mass is 127.